The zero-order valence-corrected chi connectivity index (χ0v) is 7.69. The van der Waals surface area contributed by atoms with Crippen LogP contribution in [0.1, 0.15) is 46.5 Å². The van der Waals surface area contributed by atoms with Crippen LogP contribution < -0.4 is 0 Å². The fourth-order valence-corrected chi connectivity index (χ4v) is 1.22. The van der Waals surface area contributed by atoms with Crippen molar-refractivity contribution in [2.75, 3.05) is 0 Å². The molecule has 0 aliphatic rings. The number of hydrogen-bond acceptors (Lipinski definition) is 0. The Morgan fingerprint density at radius 2 is 1.80 bits per heavy atom. The van der Waals surface area contributed by atoms with Crippen molar-refractivity contribution in [3.8, 4) is 0 Å². The highest BCUT2D eigenvalue weighted by molar-refractivity contribution is 4.62. The van der Waals surface area contributed by atoms with E-state index in [1.165, 1.54) is 19.3 Å². The molecule has 0 spiro atoms. The molecule has 0 aromatic heterocycles. The van der Waals surface area contributed by atoms with Gasteiger partial charge in [0, 0.05) is 0 Å². The van der Waals surface area contributed by atoms with Crippen LogP contribution in [0, 0.1) is 18.8 Å². The van der Waals surface area contributed by atoms with Crippen LogP contribution in [0.15, 0.2) is 0 Å². The first-order valence-corrected chi connectivity index (χ1v) is 4.53. The van der Waals surface area contributed by atoms with E-state index in [2.05, 4.69) is 27.7 Å². The van der Waals surface area contributed by atoms with Gasteiger partial charge in [-0.2, -0.15) is 0 Å². The smallest absolute Gasteiger partial charge is 0.0414 e. The predicted molar refractivity (Wildman–Crippen MR) is 47.8 cm³/mol. The molecule has 2 unspecified atom stereocenters. The van der Waals surface area contributed by atoms with E-state index in [1.807, 2.05) is 0 Å². The van der Waals surface area contributed by atoms with E-state index in [0.717, 1.165) is 18.3 Å². The molecule has 0 aliphatic heterocycles. The highest BCUT2D eigenvalue weighted by Crippen LogP contribution is 2.19. The molecule has 0 aromatic rings. The molecular formula is C10H21. The predicted octanol–water partition coefficient (Wildman–Crippen LogP) is 3.67. The van der Waals surface area contributed by atoms with Gasteiger partial charge in [-0.05, 0) is 18.3 Å². The molecule has 1 radical (unpaired) electrons. The molecule has 61 valence electrons. The molecule has 0 rings (SSSR count). The summed E-state index contributed by atoms with van der Waals surface area (Å²) in [6, 6.07) is 0. The first-order valence-electron chi connectivity index (χ1n) is 4.53. The Bertz CT molecular complexity index is 62.4. The summed E-state index contributed by atoms with van der Waals surface area (Å²) >= 11 is 0. The summed E-state index contributed by atoms with van der Waals surface area (Å²) in [4.78, 5) is 0. The van der Waals surface area contributed by atoms with Crippen molar-refractivity contribution in [3.63, 3.8) is 0 Å². The highest BCUT2D eigenvalue weighted by atomic mass is 14.1. The second-order valence-corrected chi connectivity index (χ2v) is 3.31. The topological polar surface area (TPSA) is 0 Å². The first-order chi connectivity index (χ1) is 4.74. The summed E-state index contributed by atoms with van der Waals surface area (Å²) in [5.41, 5.74) is 0. The van der Waals surface area contributed by atoms with Crippen molar-refractivity contribution in [3.05, 3.63) is 6.92 Å². The summed E-state index contributed by atoms with van der Waals surface area (Å²) in [6.07, 6.45) is 5.10. The number of hydrogen-bond donors (Lipinski definition) is 0. The van der Waals surface area contributed by atoms with E-state index in [-0.39, 0.29) is 0 Å². The van der Waals surface area contributed by atoms with Crippen LogP contribution in [0.25, 0.3) is 0 Å². The molecule has 0 aromatic carbocycles. The molecule has 0 aliphatic carbocycles. The van der Waals surface area contributed by atoms with E-state index >= 15 is 0 Å². The Labute approximate surface area is 66.0 Å². The molecule has 0 saturated carbocycles. The molecule has 0 nitrogen and oxygen atoms in total. The van der Waals surface area contributed by atoms with E-state index in [9.17, 15) is 0 Å². The third kappa shape index (κ3) is 3.92. The zero-order valence-electron chi connectivity index (χ0n) is 7.69. The zero-order chi connectivity index (χ0) is 7.98. The second-order valence-electron chi connectivity index (χ2n) is 3.31. The van der Waals surface area contributed by atoms with Crippen molar-refractivity contribution in [1.29, 1.82) is 0 Å². The van der Waals surface area contributed by atoms with Gasteiger partial charge in [-0.1, -0.05) is 47.0 Å². The molecule has 0 fully saturated rings. The van der Waals surface area contributed by atoms with Gasteiger partial charge in [-0.15, -0.1) is 0 Å². The summed E-state index contributed by atoms with van der Waals surface area (Å²) in [5.74, 6) is 1.77. The molecule has 0 saturated heterocycles. The van der Waals surface area contributed by atoms with Crippen molar-refractivity contribution in [2.24, 2.45) is 11.8 Å². The van der Waals surface area contributed by atoms with E-state index < -0.39 is 0 Å². The summed E-state index contributed by atoms with van der Waals surface area (Å²) in [5, 5.41) is 0. The maximum Gasteiger partial charge on any atom is -0.0414 e. The van der Waals surface area contributed by atoms with Crippen molar-refractivity contribution in [1.82, 2.24) is 0 Å². The quantitative estimate of drug-likeness (QED) is 0.548. The van der Waals surface area contributed by atoms with E-state index in [0.29, 0.717) is 0 Å². The van der Waals surface area contributed by atoms with E-state index in [1.54, 1.807) is 0 Å². The van der Waals surface area contributed by atoms with Crippen LogP contribution in [-0.2, 0) is 0 Å². The maximum absolute atomic E-state index is 3.94. The van der Waals surface area contributed by atoms with Gasteiger partial charge in [0.25, 0.3) is 0 Å². The summed E-state index contributed by atoms with van der Waals surface area (Å²) < 4.78 is 0. The molecule has 10 heavy (non-hydrogen) atoms. The van der Waals surface area contributed by atoms with Crippen LogP contribution in [-0.4, -0.2) is 0 Å². The van der Waals surface area contributed by atoms with Gasteiger partial charge in [0.2, 0.25) is 0 Å². The minimum Gasteiger partial charge on any atom is -0.0651 e. The lowest BCUT2D eigenvalue weighted by Gasteiger charge is -2.16. The molecule has 0 heteroatoms. The van der Waals surface area contributed by atoms with Crippen molar-refractivity contribution in [2.45, 2.75) is 46.5 Å². The third-order valence-electron chi connectivity index (χ3n) is 2.42. The van der Waals surface area contributed by atoms with Crippen molar-refractivity contribution < 1.29 is 0 Å². The Morgan fingerprint density at radius 1 is 1.20 bits per heavy atom. The van der Waals surface area contributed by atoms with Crippen molar-refractivity contribution >= 4 is 0 Å². The highest BCUT2D eigenvalue weighted by Gasteiger charge is 2.07. The standard InChI is InChI=1S/C10H21/c1-5-9(4)8-10(6-2)7-3/h9-10H,2,5-8H2,1,3-4H3. The normalized spacial score (nSPS) is 14.1. The third-order valence-corrected chi connectivity index (χ3v) is 2.42. The largest absolute Gasteiger partial charge is 0.0651 e. The first kappa shape index (κ1) is 10.0. The number of rotatable bonds is 5. The Balaban J connectivity index is 3.41. The summed E-state index contributed by atoms with van der Waals surface area (Å²) in [7, 11) is 0. The van der Waals surface area contributed by atoms with Gasteiger partial charge >= 0.3 is 0 Å². The fourth-order valence-electron chi connectivity index (χ4n) is 1.22. The minimum absolute atomic E-state index is 0.870. The second kappa shape index (κ2) is 5.76. The van der Waals surface area contributed by atoms with Gasteiger partial charge in [0.05, 0.1) is 0 Å². The summed E-state index contributed by atoms with van der Waals surface area (Å²) in [6.45, 7) is 10.8. The molecule has 0 heterocycles. The van der Waals surface area contributed by atoms with Crippen LogP contribution in [0.5, 0.6) is 0 Å². The van der Waals surface area contributed by atoms with Crippen LogP contribution in [0.4, 0.5) is 0 Å². The van der Waals surface area contributed by atoms with Gasteiger partial charge in [-0.3, -0.25) is 0 Å². The lowest BCUT2D eigenvalue weighted by molar-refractivity contribution is 0.375. The van der Waals surface area contributed by atoms with Crippen LogP contribution >= 0.6 is 0 Å². The van der Waals surface area contributed by atoms with Gasteiger partial charge in [0.15, 0.2) is 0 Å². The Hall–Kier alpha value is 0. The van der Waals surface area contributed by atoms with Gasteiger partial charge in [0.1, 0.15) is 0 Å². The Kier molecular flexibility index (Phi) is 5.76. The molecule has 0 N–H and O–H groups in total. The average molecular weight is 141 g/mol. The monoisotopic (exact) mass is 141 g/mol. The maximum atomic E-state index is 3.94. The SMILES string of the molecule is [CH2]CC(CC)CC(C)CC. The lowest BCUT2D eigenvalue weighted by atomic mass is 9.90. The minimum atomic E-state index is 0.870. The van der Waals surface area contributed by atoms with Crippen LogP contribution in [0.2, 0.25) is 0 Å². The van der Waals surface area contributed by atoms with Gasteiger partial charge in [-0.25, -0.2) is 0 Å². The molecule has 0 bridgehead atoms. The van der Waals surface area contributed by atoms with Crippen LogP contribution in [0.3, 0.4) is 0 Å². The molecular weight excluding hydrogens is 120 g/mol. The molecule has 0 amide bonds. The van der Waals surface area contributed by atoms with E-state index in [4.69, 9.17) is 0 Å². The lowest BCUT2D eigenvalue weighted by Crippen LogP contribution is -2.03. The molecule has 2 atom stereocenters. The Morgan fingerprint density at radius 3 is 2.10 bits per heavy atom. The fraction of sp³-hybridized carbons (Fsp3) is 0.900. The average Bonchev–Trinajstić information content (AvgIpc) is 1.99. The van der Waals surface area contributed by atoms with Gasteiger partial charge < -0.3 is 0 Å².